The van der Waals surface area contributed by atoms with Gasteiger partial charge in [-0.15, -0.1) is 11.3 Å². The third-order valence-electron chi connectivity index (χ3n) is 3.17. The zero-order valence-electron chi connectivity index (χ0n) is 9.09. The fourth-order valence-electron chi connectivity index (χ4n) is 2.18. The molecule has 0 aliphatic carbocycles. The van der Waals surface area contributed by atoms with Crippen LogP contribution in [0.15, 0.2) is 10.9 Å². The molecule has 0 aromatic carbocycles. The van der Waals surface area contributed by atoms with Crippen molar-refractivity contribution >= 4 is 11.3 Å². The quantitative estimate of drug-likeness (QED) is 0.853. The maximum Gasteiger partial charge on any atom is 0.0795 e. The van der Waals surface area contributed by atoms with Crippen LogP contribution in [0.3, 0.4) is 0 Å². The number of nitrogens with zero attached hydrogens (tertiary/aromatic N) is 2. The molecule has 2 unspecified atom stereocenters. The van der Waals surface area contributed by atoms with E-state index in [1.54, 1.807) is 11.3 Å². The SMILES string of the molecule is CCC1CN(Cc2cscn2)CCC1O. The summed E-state index contributed by atoms with van der Waals surface area (Å²) < 4.78 is 0. The van der Waals surface area contributed by atoms with Gasteiger partial charge in [-0.3, -0.25) is 4.90 Å². The number of hydrogen-bond acceptors (Lipinski definition) is 4. The lowest BCUT2D eigenvalue weighted by molar-refractivity contribution is 0.0218. The first-order valence-corrected chi connectivity index (χ1v) is 6.51. The van der Waals surface area contributed by atoms with E-state index in [-0.39, 0.29) is 6.10 Å². The third-order valence-corrected chi connectivity index (χ3v) is 3.81. The molecule has 1 aliphatic rings. The molecule has 0 spiro atoms. The van der Waals surface area contributed by atoms with Crippen molar-refractivity contribution in [1.29, 1.82) is 0 Å². The molecule has 2 rings (SSSR count). The average molecular weight is 226 g/mol. The van der Waals surface area contributed by atoms with Gasteiger partial charge in [0.25, 0.3) is 0 Å². The second kappa shape index (κ2) is 5.05. The van der Waals surface area contributed by atoms with E-state index >= 15 is 0 Å². The molecule has 15 heavy (non-hydrogen) atoms. The molecular formula is C11H18N2OS. The molecule has 1 fully saturated rings. The first-order chi connectivity index (χ1) is 7.29. The molecule has 2 heterocycles. The summed E-state index contributed by atoms with van der Waals surface area (Å²) in [5.74, 6) is 0.442. The van der Waals surface area contributed by atoms with Gasteiger partial charge in [-0.2, -0.15) is 0 Å². The molecule has 0 radical (unpaired) electrons. The maximum atomic E-state index is 9.77. The normalized spacial score (nSPS) is 28.1. The molecule has 1 saturated heterocycles. The predicted molar refractivity (Wildman–Crippen MR) is 61.8 cm³/mol. The topological polar surface area (TPSA) is 36.4 Å². The number of rotatable bonds is 3. The van der Waals surface area contributed by atoms with Crippen molar-refractivity contribution in [2.75, 3.05) is 13.1 Å². The summed E-state index contributed by atoms with van der Waals surface area (Å²) in [6.07, 6.45) is 1.87. The Kier molecular flexibility index (Phi) is 3.72. The Bertz CT molecular complexity index is 289. The van der Waals surface area contributed by atoms with Crippen molar-refractivity contribution in [1.82, 2.24) is 9.88 Å². The van der Waals surface area contributed by atoms with Crippen LogP contribution >= 0.6 is 11.3 Å². The second-order valence-electron chi connectivity index (χ2n) is 4.24. The second-order valence-corrected chi connectivity index (χ2v) is 4.96. The van der Waals surface area contributed by atoms with Crippen LogP contribution < -0.4 is 0 Å². The van der Waals surface area contributed by atoms with Crippen LogP contribution in [0, 0.1) is 5.92 Å². The highest BCUT2D eigenvalue weighted by Gasteiger charge is 2.26. The van der Waals surface area contributed by atoms with Crippen LogP contribution in [0.25, 0.3) is 0 Å². The number of likely N-dealkylation sites (tertiary alicyclic amines) is 1. The van der Waals surface area contributed by atoms with E-state index in [4.69, 9.17) is 0 Å². The summed E-state index contributed by atoms with van der Waals surface area (Å²) in [5.41, 5.74) is 3.04. The summed E-state index contributed by atoms with van der Waals surface area (Å²) in [6, 6.07) is 0. The van der Waals surface area contributed by atoms with Crippen molar-refractivity contribution in [3.8, 4) is 0 Å². The molecule has 1 aliphatic heterocycles. The molecule has 1 aromatic rings. The molecule has 1 aromatic heterocycles. The predicted octanol–water partition coefficient (Wildman–Crippen LogP) is 1.74. The van der Waals surface area contributed by atoms with Gasteiger partial charge in [0.15, 0.2) is 0 Å². The van der Waals surface area contributed by atoms with Gasteiger partial charge in [-0.05, 0) is 18.8 Å². The Morgan fingerprint density at radius 1 is 1.67 bits per heavy atom. The van der Waals surface area contributed by atoms with Gasteiger partial charge in [0.2, 0.25) is 0 Å². The molecule has 3 nitrogen and oxygen atoms in total. The lowest BCUT2D eigenvalue weighted by Gasteiger charge is -2.35. The lowest BCUT2D eigenvalue weighted by atomic mass is 9.92. The van der Waals surface area contributed by atoms with Crippen LogP contribution in [0.4, 0.5) is 0 Å². The first-order valence-electron chi connectivity index (χ1n) is 5.57. The number of aliphatic hydroxyl groups is 1. The molecule has 0 amide bonds. The highest BCUT2D eigenvalue weighted by atomic mass is 32.1. The maximum absolute atomic E-state index is 9.77. The van der Waals surface area contributed by atoms with Gasteiger partial charge in [-0.25, -0.2) is 4.98 Å². The fourth-order valence-corrected chi connectivity index (χ4v) is 2.73. The third kappa shape index (κ3) is 2.77. The minimum absolute atomic E-state index is 0.0957. The largest absolute Gasteiger partial charge is 0.393 e. The van der Waals surface area contributed by atoms with Gasteiger partial charge in [0.1, 0.15) is 0 Å². The van der Waals surface area contributed by atoms with Crippen molar-refractivity contribution in [2.24, 2.45) is 5.92 Å². The van der Waals surface area contributed by atoms with E-state index in [1.165, 1.54) is 0 Å². The van der Waals surface area contributed by atoms with E-state index in [1.807, 2.05) is 5.51 Å². The van der Waals surface area contributed by atoms with Crippen LogP contribution in [0.1, 0.15) is 25.5 Å². The number of aliphatic hydroxyl groups excluding tert-OH is 1. The van der Waals surface area contributed by atoms with Crippen LogP contribution in [0.2, 0.25) is 0 Å². The summed E-state index contributed by atoms with van der Waals surface area (Å²) in [7, 11) is 0. The zero-order valence-corrected chi connectivity index (χ0v) is 9.91. The Morgan fingerprint density at radius 3 is 3.20 bits per heavy atom. The highest BCUT2D eigenvalue weighted by molar-refractivity contribution is 7.07. The molecular weight excluding hydrogens is 208 g/mol. The fraction of sp³-hybridized carbons (Fsp3) is 0.727. The van der Waals surface area contributed by atoms with E-state index in [0.29, 0.717) is 5.92 Å². The van der Waals surface area contributed by atoms with Gasteiger partial charge in [0, 0.05) is 25.0 Å². The molecule has 0 saturated carbocycles. The summed E-state index contributed by atoms with van der Waals surface area (Å²) in [5, 5.41) is 11.9. The summed E-state index contributed by atoms with van der Waals surface area (Å²) >= 11 is 1.65. The van der Waals surface area contributed by atoms with Crippen LogP contribution in [-0.4, -0.2) is 34.2 Å². The minimum atomic E-state index is -0.0957. The summed E-state index contributed by atoms with van der Waals surface area (Å²) in [6.45, 7) is 5.09. The van der Waals surface area contributed by atoms with Crippen molar-refractivity contribution in [3.63, 3.8) is 0 Å². The number of aromatic nitrogens is 1. The smallest absolute Gasteiger partial charge is 0.0795 e. The standard InChI is InChI=1S/C11H18N2OS/c1-2-9-5-13(4-3-11(9)14)6-10-7-15-8-12-10/h7-9,11,14H,2-6H2,1H3. The van der Waals surface area contributed by atoms with E-state index in [2.05, 4.69) is 22.2 Å². The lowest BCUT2D eigenvalue weighted by Crippen LogP contribution is -2.42. The Balaban J connectivity index is 1.89. The molecule has 1 N–H and O–H groups in total. The average Bonchev–Trinajstić information content (AvgIpc) is 2.73. The van der Waals surface area contributed by atoms with Gasteiger partial charge < -0.3 is 5.11 Å². The van der Waals surface area contributed by atoms with E-state index in [0.717, 1.165) is 38.2 Å². The first kappa shape index (κ1) is 11.0. The highest BCUT2D eigenvalue weighted by Crippen LogP contribution is 2.21. The zero-order chi connectivity index (χ0) is 10.7. The molecule has 84 valence electrons. The summed E-state index contributed by atoms with van der Waals surface area (Å²) in [4.78, 5) is 6.69. The number of thiazole rings is 1. The monoisotopic (exact) mass is 226 g/mol. The van der Waals surface area contributed by atoms with Crippen LogP contribution in [-0.2, 0) is 6.54 Å². The van der Waals surface area contributed by atoms with Crippen molar-refractivity contribution < 1.29 is 5.11 Å². The minimum Gasteiger partial charge on any atom is -0.393 e. The van der Waals surface area contributed by atoms with E-state index in [9.17, 15) is 5.11 Å². The Morgan fingerprint density at radius 2 is 2.53 bits per heavy atom. The van der Waals surface area contributed by atoms with Crippen LogP contribution in [0.5, 0.6) is 0 Å². The molecule has 2 atom stereocenters. The Hall–Kier alpha value is -0.450. The van der Waals surface area contributed by atoms with Gasteiger partial charge >= 0.3 is 0 Å². The van der Waals surface area contributed by atoms with Gasteiger partial charge in [0.05, 0.1) is 17.3 Å². The van der Waals surface area contributed by atoms with Crippen molar-refractivity contribution in [3.05, 3.63) is 16.6 Å². The molecule has 4 heteroatoms. The Labute approximate surface area is 94.8 Å². The van der Waals surface area contributed by atoms with E-state index < -0.39 is 0 Å². The number of hydrogen-bond donors (Lipinski definition) is 1. The van der Waals surface area contributed by atoms with Gasteiger partial charge in [-0.1, -0.05) is 6.92 Å². The number of piperidine rings is 1. The van der Waals surface area contributed by atoms with Crippen molar-refractivity contribution in [2.45, 2.75) is 32.4 Å². The molecule has 0 bridgehead atoms.